The highest BCUT2D eigenvalue weighted by atomic mass is 15.0. The lowest BCUT2D eigenvalue weighted by Gasteiger charge is -2.34. The van der Waals surface area contributed by atoms with E-state index >= 15 is 0 Å². The van der Waals surface area contributed by atoms with Crippen LogP contribution in [0, 0.1) is 11.3 Å². The van der Waals surface area contributed by atoms with Crippen LogP contribution >= 0.6 is 0 Å². The number of aromatic nitrogens is 2. The van der Waals surface area contributed by atoms with E-state index in [0.29, 0.717) is 5.56 Å². The molecule has 0 saturated heterocycles. The molecule has 0 bridgehead atoms. The van der Waals surface area contributed by atoms with Gasteiger partial charge in [0, 0.05) is 32.9 Å². The van der Waals surface area contributed by atoms with Gasteiger partial charge in [0.15, 0.2) is 0 Å². The van der Waals surface area contributed by atoms with Crippen LogP contribution in [0.1, 0.15) is 58.2 Å². The zero-order valence-electron chi connectivity index (χ0n) is 36.4. The standard InChI is InChI=1S/C59H44BN3/c1-58(2,3)35-21-25-37(26-22-35)62-49-19-9-7-13-39(49)55-41-15-11-17-47-53(41)43(31-51(55)62)45-29-34(33-61)30-46-44-32-52-56(42-16-12-18-48(54(42)44)60(47)57(45)46)40-14-8-10-20-50(40)63(52)38-27-23-36(24-28-38)59(4,5)6/h7-32H,1-6H3. The third-order valence-corrected chi connectivity index (χ3v) is 14.4. The highest BCUT2D eigenvalue weighted by Crippen LogP contribution is 2.47. The predicted octanol–water partition coefficient (Wildman–Crippen LogP) is 13.1. The summed E-state index contributed by atoms with van der Waals surface area (Å²) in [7, 11) is 0. The highest BCUT2D eigenvalue weighted by molar-refractivity contribution is 7.01. The van der Waals surface area contributed by atoms with Crippen molar-refractivity contribution in [2.24, 2.45) is 0 Å². The Kier molecular flexibility index (Phi) is 7.15. The van der Waals surface area contributed by atoms with Crippen LogP contribution in [0.4, 0.5) is 0 Å². The second-order valence-corrected chi connectivity index (χ2v) is 20.0. The number of para-hydroxylation sites is 2. The van der Waals surface area contributed by atoms with E-state index in [0.717, 1.165) is 22.5 Å². The van der Waals surface area contributed by atoms with E-state index in [2.05, 4.69) is 214 Å². The van der Waals surface area contributed by atoms with Crippen LogP contribution in [-0.4, -0.2) is 15.8 Å². The van der Waals surface area contributed by atoms with E-state index in [4.69, 9.17) is 0 Å². The van der Waals surface area contributed by atoms with Crippen molar-refractivity contribution in [1.82, 2.24) is 9.13 Å². The molecule has 0 spiro atoms. The molecule has 0 radical (unpaired) electrons. The normalized spacial score (nSPS) is 13.2. The van der Waals surface area contributed by atoms with Gasteiger partial charge in [-0.2, -0.15) is 5.26 Å². The molecule has 2 aliphatic heterocycles. The molecule has 0 saturated carbocycles. The van der Waals surface area contributed by atoms with Gasteiger partial charge in [-0.1, -0.05) is 155 Å². The number of rotatable bonds is 2. The van der Waals surface area contributed by atoms with Gasteiger partial charge in [-0.3, -0.25) is 0 Å². The lowest BCUT2D eigenvalue weighted by atomic mass is 9.31. The predicted molar refractivity (Wildman–Crippen MR) is 268 cm³/mol. The van der Waals surface area contributed by atoms with E-state index in [-0.39, 0.29) is 17.5 Å². The fourth-order valence-corrected chi connectivity index (χ4v) is 11.6. The molecular weight excluding hydrogens is 761 g/mol. The van der Waals surface area contributed by atoms with Gasteiger partial charge in [-0.15, -0.1) is 0 Å². The zero-order chi connectivity index (χ0) is 42.7. The first kappa shape index (κ1) is 36.3. The lowest BCUT2D eigenvalue weighted by molar-refractivity contribution is 0.590. The SMILES string of the molecule is CC(C)(C)c1ccc(-n2c3ccccc3c3c4cccc5c4c(cc32)-c2cc(C#N)cc3c2B5c2cccc4c2c-3cc2c4c3ccccc3n2-c2ccc(C(C)(C)C)cc2)cc1. The minimum Gasteiger partial charge on any atom is -0.309 e. The van der Waals surface area contributed by atoms with Gasteiger partial charge in [0.05, 0.1) is 33.7 Å². The maximum atomic E-state index is 10.8. The molecule has 0 aliphatic carbocycles. The number of fused-ring (bicyclic) bond motifs is 12. The Morgan fingerprint density at radius 3 is 1.24 bits per heavy atom. The van der Waals surface area contributed by atoms with E-state index in [1.165, 1.54) is 104 Å². The van der Waals surface area contributed by atoms with Crippen LogP contribution in [0.3, 0.4) is 0 Å². The molecule has 0 fully saturated rings. The van der Waals surface area contributed by atoms with Crippen LogP contribution in [0.25, 0.3) is 98.8 Å². The summed E-state index contributed by atoms with van der Waals surface area (Å²) < 4.78 is 4.90. The molecule has 0 N–H and O–H groups in total. The summed E-state index contributed by atoms with van der Waals surface area (Å²) in [6.45, 7) is 13.6. The number of hydrogen-bond acceptors (Lipinski definition) is 1. The van der Waals surface area contributed by atoms with Gasteiger partial charge in [0.25, 0.3) is 0 Å². The van der Waals surface area contributed by atoms with Crippen molar-refractivity contribution in [2.75, 3.05) is 0 Å². The summed E-state index contributed by atoms with van der Waals surface area (Å²) in [5, 5.41) is 20.9. The Hall–Kier alpha value is -7.35. The number of hydrogen-bond donors (Lipinski definition) is 0. The molecule has 298 valence electrons. The van der Waals surface area contributed by atoms with Gasteiger partial charge in [0.2, 0.25) is 6.71 Å². The molecular formula is C59H44BN3. The Morgan fingerprint density at radius 1 is 0.413 bits per heavy atom. The van der Waals surface area contributed by atoms with Crippen molar-refractivity contribution < 1.29 is 0 Å². The van der Waals surface area contributed by atoms with Crippen molar-refractivity contribution in [3.63, 3.8) is 0 Å². The maximum absolute atomic E-state index is 10.8. The molecule has 2 aliphatic rings. The monoisotopic (exact) mass is 805 g/mol. The fourth-order valence-electron chi connectivity index (χ4n) is 11.6. The largest absolute Gasteiger partial charge is 0.309 e. The average molecular weight is 806 g/mol. The summed E-state index contributed by atoms with van der Waals surface area (Å²) in [5.74, 6) is 0. The second kappa shape index (κ2) is 12.4. The van der Waals surface area contributed by atoms with Crippen LogP contribution in [0.2, 0.25) is 0 Å². The molecule has 9 aromatic carbocycles. The fraction of sp³-hybridized carbons (Fsp3) is 0.136. The van der Waals surface area contributed by atoms with Gasteiger partial charge in [0.1, 0.15) is 0 Å². The van der Waals surface area contributed by atoms with E-state index in [1.807, 2.05) is 0 Å². The smallest absolute Gasteiger partial charge is 0.244 e. The molecule has 4 heterocycles. The number of nitrogens with zero attached hydrogens (tertiary/aromatic N) is 3. The minimum absolute atomic E-state index is 0.00151. The van der Waals surface area contributed by atoms with Crippen molar-refractivity contribution in [1.29, 1.82) is 5.26 Å². The summed E-state index contributed by atoms with van der Waals surface area (Å²) >= 11 is 0. The molecule has 0 atom stereocenters. The molecule has 0 amide bonds. The van der Waals surface area contributed by atoms with Crippen molar-refractivity contribution >= 4 is 88.3 Å². The molecule has 11 aromatic rings. The Bertz CT molecular complexity index is 3610. The van der Waals surface area contributed by atoms with Crippen LogP contribution in [0.15, 0.2) is 158 Å². The van der Waals surface area contributed by atoms with E-state index in [9.17, 15) is 5.26 Å². The molecule has 0 unspecified atom stereocenters. The number of nitriles is 1. The van der Waals surface area contributed by atoms with Crippen molar-refractivity contribution in [2.45, 2.75) is 52.4 Å². The first-order chi connectivity index (χ1) is 30.5. The van der Waals surface area contributed by atoms with E-state index < -0.39 is 0 Å². The molecule has 13 rings (SSSR count). The summed E-state index contributed by atoms with van der Waals surface area (Å²) in [6.07, 6.45) is 0. The van der Waals surface area contributed by atoms with Gasteiger partial charge >= 0.3 is 0 Å². The first-order valence-electron chi connectivity index (χ1n) is 22.3. The van der Waals surface area contributed by atoms with Gasteiger partial charge in [-0.05, 0) is 126 Å². The highest BCUT2D eigenvalue weighted by Gasteiger charge is 2.40. The third kappa shape index (κ3) is 4.86. The van der Waals surface area contributed by atoms with Crippen molar-refractivity contribution in [3.05, 3.63) is 174 Å². The molecule has 4 heteroatoms. The Labute approximate surface area is 367 Å². The zero-order valence-corrected chi connectivity index (χ0v) is 36.4. The number of benzene rings is 9. The minimum atomic E-state index is 0.00151. The summed E-state index contributed by atoms with van der Waals surface area (Å²) in [5.41, 5.74) is 19.1. The Balaban J connectivity index is 1.15. The molecule has 3 nitrogen and oxygen atoms in total. The van der Waals surface area contributed by atoms with Crippen LogP contribution in [-0.2, 0) is 10.8 Å². The quantitative estimate of drug-likeness (QED) is 0.160. The maximum Gasteiger partial charge on any atom is 0.244 e. The molecule has 2 aromatic heterocycles. The topological polar surface area (TPSA) is 33.6 Å². The summed E-state index contributed by atoms with van der Waals surface area (Å²) in [4.78, 5) is 0. The second-order valence-electron chi connectivity index (χ2n) is 20.0. The van der Waals surface area contributed by atoms with Gasteiger partial charge < -0.3 is 9.13 Å². The summed E-state index contributed by atoms with van der Waals surface area (Å²) in [6, 6.07) is 61.8. The van der Waals surface area contributed by atoms with E-state index in [1.54, 1.807) is 0 Å². The lowest BCUT2D eigenvalue weighted by Crippen LogP contribution is -2.57. The van der Waals surface area contributed by atoms with Gasteiger partial charge in [-0.25, -0.2) is 0 Å². The van der Waals surface area contributed by atoms with Crippen molar-refractivity contribution in [3.8, 4) is 39.7 Å². The Morgan fingerprint density at radius 2 is 0.825 bits per heavy atom. The first-order valence-corrected chi connectivity index (χ1v) is 22.3. The average Bonchev–Trinajstić information content (AvgIpc) is 3.81. The van der Waals surface area contributed by atoms with Crippen LogP contribution in [0.5, 0.6) is 0 Å². The molecule has 63 heavy (non-hydrogen) atoms. The third-order valence-electron chi connectivity index (χ3n) is 14.4. The van der Waals surface area contributed by atoms with Crippen LogP contribution < -0.4 is 16.4 Å².